The van der Waals surface area contributed by atoms with Crippen molar-refractivity contribution in [3.8, 4) is 34.5 Å². The van der Waals surface area contributed by atoms with Gasteiger partial charge in [0.05, 0.1) is 16.5 Å². The van der Waals surface area contributed by atoms with Crippen molar-refractivity contribution in [1.29, 1.82) is 0 Å². The molecule has 8 aromatic carbocycles. The topological polar surface area (TPSA) is 114 Å². The molecule has 0 aromatic heterocycles. The van der Waals surface area contributed by atoms with Crippen LogP contribution in [0, 0.1) is 38.5 Å². The van der Waals surface area contributed by atoms with E-state index >= 15 is 4.79 Å². The van der Waals surface area contributed by atoms with Gasteiger partial charge in [-0.15, -0.1) is 0 Å². The van der Waals surface area contributed by atoms with Gasteiger partial charge in [-0.25, -0.2) is 9.59 Å². The lowest BCUT2D eigenvalue weighted by Gasteiger charge is -2.47. The van der Waals surface area contributed by atoms with Crippen molar-refractivity contribution >= 4 is 34.3 Å². The summed E-state index contributed by atoms with van der Waals surface area (Å²) < 4.78 is 32.2. The van der Waals surface area contributed by atoms with Crippen LogP contribution >= 0.6 is 0 Å². The normalized spacial score (nSPS) is 15.5. The number of benzene rings is 8. The van der Waals surface area contributed by atoms with E-state index in [4.69, 9.17) is 23.7 Å². The van der Waals surface area contributed by atoms with Crippen LogP contribution in [0.1, 0.15) is 264 Å². The Morgan fingerprint density at radius 2 is 0.740 bits per heavy atom. The van der Waals surface area contributed by atoms with Crippen molar-refractivity contribution in [2.75, 3.05) is 0 Å². The van der Waals surface area contributed by atoms with Crippen molar-refractivity contribution in [2.24, 2.45) is 10.8 Å². The SMILES string of the molecule is CCC(C)(CC)Oc1ccc(C2(c3ccc(OC(=O)c4ccc5cc(C(=O)C(C)(CC)C(CC)(CC)Oc6ccc(C7(c8ccc(OC(=O)c9ccc(Oc%10ccc(C(=O)C(C)(CC)CC)cc%10)cc9)c(C)c8)CCCCC7)cc6C)ccc5c4)c(C)c3)CCCCC2)cc1C. The van der Waals surface area contributed by atoms with Crippen molar-refractivity contribution in [2.45, 2.75) is 228 Å². The van der Waals surface area contributed by atoms with Crippen molar-refractivity contribution in [3.63, 3.8) is 0 Å². The molecule has 2 aliphatic carbocycles. The minimum atomic E-state index is -0.902. The van der Waals surface area contributed by atoms with E-state index in [0.717, 1.165) is 122 Å². The molecule has 8 aromatic rings. The van der Waals surface area contributed by atoms with E-state index in [2.05, 4.69) is 123 Å². The molecule has 2 aliphatic rings. The van der Waals surface area contributed by atoms with Gasteiger partial charge >= 0.3 is 11.9 Å². The molecule has 504 valence electrons. The van der Waals surface area contributed by atoms with Crippen molar-refractivity contribution in [3.05, 3.63) is 224 Å². The summed E-state index contributed by atoms with van der Waals surface area (Å²) in [7, 11) is 0. The number of hydrogen-bond donors (Lipinski definition) is 0. The Morgan fingerprint density at radius 1 is 0.365 bits per heavy atom. The molecule has 9 nitrogen and oxygen atoms in total. The molecule has 9 heteroatoms. The quantitative estimate of drug-likeness (QED) is 0.0297. The third-order valence-electron chi connectivity index (χ3n) is 23.1. The molecule has 0 spiro atoms. The zero-order chi connectivity index (χ0) is 68.8. The van der Waals surface area contributed by atoms with Gasteiger partial charge < -0.3 is 23.7 Å². The first-order chi connectivity index (χ1) is 46.0. The van der Waals surface area contributed by atoms with Gasteiger partial charge in [0.1, 0.15) is 45.7 Å². The Bertz CT molecular complexity index is 4110. The predicted octanol–water partition coefficient (Wildman–Crippen LogP) is 23.0. The summed E-state index contributed by atoms with van der Waals surface area (Å²) in [5.41, 5.74) is 8.28. The van der Waals surface area contributed by atoms with Crippen molar-refractivity contribution in [1.82, 2.24) is 0 Å². The van der Waals surface area contributed by atoms with Crippen LogP contribution in [0.4, 0.5) is 0 Å². The van der Waals surface area contributed by atoms with Crippen molar-refractivity contribution < 1.29 is 42.9 Å². The number of ketones is 2. The molecule has 0 N–H and O–H groups in total. The first kappa shape index (κ1) is 70.5. The number of carbonyl (C=O) groups excluding carboxylic acids is 4. The first-order valence-electron chi connectivity index (χ1n) is 35.8. The Balaban J connectivity index is 0.808. The molecule has 0 radical (unpaired) electrons. The van der Waals surface area contributed by atoms with Gasteiger partial charge in [0.2, 0.25) is 0 Å². The molecule has 0 heterocycles. The second-order valence-corrected chi connectivity index (χ2v) is 28.6. The van der Waals surface area contributed by atoms with Crippen LogP contribution < -0.4 is 23.7 Å². The zero-order valence-electron chi connectivity index (χ0n) is 59.7. The third-order valence-corrected chi connectivity index (χ3v) is 23.1. The zero-order valence-corrected chi connectivity index (χ0v) is 59.7. The summed E-state index contributed by atoms with van der Waals surface area (Å²) in [6.45, 7) is 29.4. The Hall–Kier alpha value is -8.30. The molecule has 96 heavy (non-hydrogen) atoms. The maximum Gasteiger partial charge on any atom is 0.343 e. The number of ether oxygens (including phenoxy) is 5. The average molecular weight is 1290 g/mol. The molecule has 0 bridgehead atoms. The third kappa shape index (κ3) is 14.0. The predicted molar refractivity (Wildman–Crippen MR) is 389 cm³/mol. The van der Waals surface area contributed by atoms with Crippen LogP contribution in [0.15, 0.2) is 158 Å². The Kier molecular flexibility index (Phi) is 21.4. The Labute approximate surface area is 572 Å². The number of fused-ring (bicyclic) bond motifs is 1. The monoisotopic (exact) mass is 1290 g/mol. The molecule has 0 aliphatic heterocycles. The van der Waals surface area contributed by atoms with Gasteiger partial charge in [0.25, 0.3) is 0 Å². The highest BCUT2D eigenvalue weighted by Gasteiger charge is 2.52. The van der Waals surface area contributed by atoms with Crippen LogP contribution in [0.2, 0.25) is 0 Å². The number of carbonyl (C=O) groups is 4. The van der Waals surface area contributed by atoms with Gasteiger partial charge in [-0.1, -0.05) is 161 Å². The fourth-order valence-electron chi connectivity index (χ4n) is 15.4. The van der Waals surface area contributed by atoms with Crippen LogP contribution in [-0.2, 0) is 10.8 Å². The van der Waals surface area contributed by atoms with E-state index in [9.17, 15) is 14.4 Å². The molecule has 10 rings (SSSR count). The van der Waals surface area contributed by atoms with E-state index in [1.807, 2.05) is 89.2 Å². The molecular formula is C87H102O9. The molecule has 1 atom stereocenters. The van der Waals surface area contributed by atoms with Gasteiger partial charge in [-0.2, -0.15) is 0 Å². The van der Waals surface area contributed by atoms with Crippen LogP contribution in [-0.4, -0.2) is 34.7 Å². The minimum absolute atomic E-state index is 0.0174. The largest absolute Gasteiger partial charge is 0.487 e. The molecule has 2 fully saturated rings. The first-order valence-corrected chi connectivity index (χ1v) is 35.8. The van der Waals surface area contributed by atoms with Crippen LogP contribution in [0.25, 0.3) is 10.8 Å². The molecular weight excluding hydrogens is 1190 g/mol. The molecule has 0 saturated heterocycles. The lowest BCUT2D eigenvalue weighted by atomic mass is 9.64. The lowest BCUT2D eigenvalue weighted by Crippen LogP contribution is -2.54. The summed E-state index contributed by atoms with van der Waals surface area (Å²) in [5, 5.41) is 1.70. The number of rotatable bonds is 26. The highest BCUT2D eigenvalue weighted by molar-refractivity contribution is 6.05. The standard InChI is InChI=1S/C87H102O9/c1-15-82(12,16-2)78(88)62-32-40-72(41-33-62)92-73-42-34-63(35-43-73)80(90)93-74-44-36-68(52-58(74)8)86(50-26-23-27-51-86)71-39-47-77(61(11)55-71)96-87(20-6,21-7)84(14,19-5)79(89)66-30-28-65-57-67(31-29-64(65)56-66)81(91)94-75-45-37-69(53-59(75)9)85(48-24-22-25-49-85)70-38-46-76(60(10)54-70)95-83(13,17-3)18-4/h28-47,52-57H,15-27,48-51H2,1-14H3. The van der Waals surface area contributed by atoms with E-state index in [0.29, 0.717) is 64.5 Å². The summed E-state index contributed by atoms with van der Waals surface area (Å²) in [6.07, 6.45) is 16.2. The molecule has 1 unspecified atom stereocenters. The van der Waals surface area contributed by atoms with Crippen LogP contribution in [0.3, 0.4) is 0 Å². The van der Waals surface area contributed by atoms with Gasteiger partial charge in [-0.05, 0) is 258 Å². The van der Waals surface area contributed by atoms with E-state index < -0.39 is 28.4 Å². The maximum atomic E-state index is 15.3. The van der Waals surface area contributed by atoms with Gasteiger partial charge in [0, 0.05) is 27.4 Å². The number of esters is 2. The summed E-state index contributed by atoms with van der Waals surface area (Å²) in [5.74, 6) is 3.18. The highest BCUT2D eigenvalue weighted by Crippen LogP contribution is 2.51. The van der Waals surface area contributed by atoms with Crippen LogP contribution in [0.5, 0.6) is 34.5 Å². The molecule has 0 amide bonds. The van der Waals surface area contributed by atoms with E-state index in [1.165, 1.54) is 35.1 Å². The summed E-state index contributed by atoms with van der Waals surface area (Å²) in [6, 6.07) is 51.5. The average Bonchev–Trinajstić information content (AvgIpc) is 0.757. The Morgan fingerprint density at radius 3 is 1.14 bits per heavy atom. The fourth-order valence-corrected chi connectivity index (χ4v) is 15.4. The second kappa shape index (κ2) is 29.2. The smallest absolute Gasteiger partial charge is 0.343 e. The van der Waals surface area contributed by atoms with E-state index in [-0.39, 0.29) is 28.0 Å². The highest BCUT2D eigenvalue weighted by atomic mass is 16.5. The summed E-state index contributed by atoms with van der Waals surface area (Å²) >= 11 is 0. The number of aryl methyl sites for hydroxylation is 4. The lowest BCUT2D eigenvalue weighted by molar-refractivity contribution is -0.0447. The second-order valence-electron chi connectivity index (χ2n) is 28.6. The van der Waals surface area contributed by atoms with E-state index in [1.54, 1.807) is 42.5 Å². The minimum Gasteiger partial charge on any atom is -0.487 e. The maximum absolute atomic E-state index is 15.3. The van der Waals surface area contributed by atoms with Gasteiger partial charge in [0.15, 0.2) is 11.6 Å². The molecule has 2 saturated carbocycles. The number of hydrogen-bond acceptors (Lipinski definition) is 9. The number of Topliss-reactive ketones (excluding diaryl/α,β-unsaturated/α-hetero) is 2. The summed E-state index contributed by atoms with van der Waals surface area (Å²) in [4.78, 5) is 56.1. The fraction of sp³-hybridized carbons (Fsp3) is 0.425. The van der Waals surface area contributed by atoms with Gasteiger partial charge in [-0.3, -0.25) is 9.59 Å².